The molecule has 0 bridgehead atoms. The number of allylic oxidation sites excluding steroid dienone is 9. The molecule has 0 saturated carbocycles. The fourth-order valence-electron chi connectivity index (χ4n) is 9.27. The fraction of sp³-hybridized carbons (Fsp3) is 0.103. The van der Waals surface area contributed by atoms with Crippen LogP contribution in [0.1, 0.15) is 29.2 Å². The van der Waals surface area contributed by atoms with Gasteiger partial charge in [-0.1, -0.05) is 195 Å². The van der Waals surface area contributed by atoms with Crippen molar-refractivity contribution in [1.82, 2.24) is 0 Å². The minimum atomic E-state index is -0.761. The Morgan fingerprint density at radius 1 is 0.651 bits per heavy atom. The molecule has 0 aliphatic heterocycles. The maximum Gasteiger partial charge on any atom is 0.137 e. The Bertz CT molecular complexity index is 2910. The first kappa shape index (κ1) is 44.4. The second kappa shape index (κ2) is 19.6. The SMILES string of the molecule is [B]C.[B]c1c(C)c([B])c2c(c1C)C(/C(C=C)=C/C=C\[B]C)(C(/C=C\C)=C/C=C)c1ccc(-c3ccc(N(c4ccc(-c5ccccc5)cc4)c4cccc5ccccc45)cc3)cc1-2. The van der Waals surface area contributed by atoms with Crippen molar-refractivity contribution in [2.24, 2.45) is 0 Å². The molecule has 7 aromatic rings. The summed E-state index contributed by atoms with van der Waals surface area (Å²) in [7, 11) is 20.6. The van der Waals surface area contributed by atoms with Gasteiger partial charge in [0.15, 0.2) is 0 Å². The minimum absolute atomic E-state index is 0.692. The molecular weight excluding hydrogens is 754 g/mol. The third-order valence-corrected chi connectivity index (χ3v) is 12.2. The van der Waals surface area contributed by atoms with Crippen molar-refractivity contribution in [2.75, 3.05) is 4.90 Å². The van der Waals surface area contributed by atoms with Gasteiger partial charge in [-0.2, -0.15) is 0 Å². The highest BCUT2D eigenvalue weighted by Crippen LogP contribution is 2.58. The molecule has 7 aromatic carbocycles. The number of benzene rings is 7. The van der Waals surface area contributed by atoms with Gasteiger partial charge in [-0.3, -0.25) is 0 Å². The zero-order chi connectivity index (χ0) is 44.7. The summed E-state index contributed by atoms with van der Waals surface area (Å²) in [5.74, 6) is 2.04. The summed E-state index contributed by atoms with van der Waals surface area (Å²) in [6.07, 6.45) is 14.4. The molecule has 1 unspecified atom stereocenters. The molecular formula is C58H50B4N. The van der Waals surface area contributed by atoms with E-state index in [2.05, 4.69) is 203 Å². The van der Waals surface area contributed by atoms with Crippen LogP contribution in [0.15, 0.2) is 212 Å². The molecule has 0 saturated heterocycles. The largest absolute Gasteiger partial charge is 0.310 e. The van der Waals surface area contributed by atoms with E-state index in [4.69, 9.17) is 15.7 Å². The summed E-state index contributed by atoms with van der Waals surface area (Å²) in [4.78, 5) is 2.35. The van der Waals surface area contributed by atoms with Crippen LogP contribution < -0.4 is 15.8 Å². The van der Waals surface area contributed by atoms with E-state index in [1.807, 2.05) is 46.1 Å². The highest BCUT2D eigenvalue weighted by molar-refractivity contribution is 6.43. The normalized spacial score (nSPS) is 14.6. The molecule has 0 spiro atoms. The van der Waals surface area contributed by atoms with Gasteiger partial charge in [0, 0.05) is 16.8 Å². The van der Waals surface area contributed by atoms with E-state index < -0.39 is 5.41 Å². The van der Waals surface area contributed by atoms with Crippen molar-refractivity contribution in [3.63, 3.8) is 0 Å². The van der Waals surface area contributed by atoms with Gasteiger partial charge in [0.1, 0.15) is 23.0 Å². The van der Waals surface area contributed by atoms with Crippen molar-refractivity contribution in [1.29, 1.82) is 0 Å². The zero-order valence-electron chi connectivity index (χ0n) is 37.1. The van der Waals surface area contributed by atoms with Crippen LogP contribution in [0.5, 0.6) is 0 Å². The lowest BCUT2D eigenvalue weighted by molar-refractivity contribution is 0.760. The second-order valence-electron chi connectivity index (χ2n) is 15.5. The van der Waals surface area contributed by atoms with Crippen molar-refractivity contribution in [3.8, 4) is 33.4 Å². The molecule has 1 atom stereocenters. The van der Waals surface area contributed by atoms with Crippen LogP contribution >= 0.6 is 0 Å². The molecule has 63 heavy (non-hydrogen) atoms. The average Bonchev–Trinajstić information content (AvgIpc) is 3.64. The van der Waals surface area contributed by atoms with Crippen LogP contribution in [0.2, 0.25) is 13.6 Å². The van der Waals surface area contributed by atoms with Crippen molar-refractivity contribution < 1.29 is 0 Å². The number of hydrogen-bond acceptors (Lipinski definition) is 1. The Morgan fingerprint density at radius 2 is 1.25 bits per heavy atom. The average molecular weight is 804 g/mol. The van der Waals surface area contributed by atoms with Gasteiger partial charge < -0.3 is 4.90 Å². The van der Waals surface area contributed by atoms with E-state index in [-0.39, 0.29) is 0 Å². The van der Waals surface area contributed by atoms with Gasteiger partial charge in [-0.15, -0.1) is 5.98 Å². The molecule has 0 amide bonds. The molecule has 7 radical (unpaired) electrons. The molecule has 0 aromatic heterocycles. The number of nitrogens with zero attached hydrogens (tertiary/aromatic N) is 1. The molecule has 1 nitrogen and oxygen atoms in total. The van der Waals surface area contributed by atoms with Gasteiger partial charge in [0.25, 0.3) is 0 Å². The predicted octanol–water partition coefficient (Wildman–Crippen LogP) is 13.4. The van der Waals surface area contributed by atoms with Gasteiger partial charge in [0.05, 0.1) is 18.9 Å². The lowest BCUT2D eigenvalue weighted by Crippen LogP contribution is -2.35. The summed E-state index contributed by atoms with van der Waals surface area (Å²) < 4.78 is 0. The van der Waals surface area contributed by atoms with Crippen molar-refractivity contribution in [2.45, 2.75) is 39.8 Å². The second-order valence-corrected chi connectivity index (χ2v) is 15.5. The molecule has 1 aliphatic rings. The number of anilines is 3. The number of hydrogen-bond donors (Lipinski definition) is 0. The highest BCUT2D eigenvalue weighted by atomic mass is 15.1. The van der Waals surface area contributed by atoms with Gasteiger partial charge in [0.2, 0.25) is 0 Å². The van der Waals surface area contributed by atoms with E-state index in [0.717, 1.165) is 72.7 Å². The summed E-state index contributed by atoms with van der Waals surface area (Å²) in [5.41, 5.74) is 16.7. The van der Waals surface area contributed by atoms with Crippen LogP contribution in [0.3, 0.4) is 0 Å². The predicted molar refractivity (Wildman–Crippen MR) is 280 cm³/mol. The van der Waals surface area contributed by atoms with Gasteiger partial charge in [-0.05, 0) is 118 Å². The first-order valence-electron chi connectivity index (χ1n) is 21.5. The molecule has 299 valence electrons. The summed E-state index contributed by atoms with van der Waals surface area (Å²) in [6.45, 7) is 18.2. The highest BCUT2D eigenvalue weighted by Gasteiger charge is 2.49. The van der Waals surface area contributed by atoms with Gasteiger partial charge >= 0.3 is 0 Å². The molecule has 5 heteroatoms. The number of rotatable bonds is 12. The lowest BCUT2D eigenvalue weighted by Gasteiger charge is -2.37. The molecule has 0 N–H and O–H groups in total. The van der Waals surface area contributed by atoms with E-state index in [9.17, 15) is 0 Å². The molecule has 0 fully saturated rings. The van der Waals surface area contributed by atoms with Crippen molar-refractivity contribution >= 4 is 69.6 Å². The van der Waals surface area contributed by atoms with Crippen LogP contribution in [-0.4, -0.2) is 30.8 Å². The summed E-state index contributed by atoms with van der Waals surface area (Å²) in [6, 6.07) is 50.2. The molecule has 8 rings (SSSR count). The monoisotopic (exact) mass is 804 g/mol. The van der Waals surface area contributed by atoms with Crippen LogP contribution in [0.25, 0.3) is 44.2 Å². The van der Waals surface area contributed by atoms with Crippen molar-refractivity contribution in [3.05, 3.63) is 235 Å². The number of fused-ring (bicyclic) bond motifs is 4. The van der Waals surface area contributed by atoms with E-state index >= 15 is 0 Å². The first-order chi connectivity index (χ1) is 30.8. The quantitative estimate of drug-likeness (QED) is 0.0878. The van der Waals surface area contributed by atoms with E-state index in [1.165, 1.54) is 28.7 Å². The smallest absolute Gasteiger partial charge is 0.137 e. The topological polar surface area (TPSA) is 3.24 Å². The van der Waals surface area contributed by atoms with Crippen LogP contribution in [0, 0.1) is 13.8 Å². The molecule has 0 heterocycles. The minimum Gasteiger partial charge on any atom is -0.310 e. The Balaban J connectivity index is 0.00000293. The molecule has 1 aliphatic carbocycles. The Kier molecular flexibility index (Phi) is 13.8. The van der Waals surface area contributed by atoms with Crippen LogP contribution in [-0.2, 0) is 5.41 Å². The third kappa shape index (κ3) is 7.98. The lowest BCUT2D eigenvalue weighted by atomic mass is 9.62. The Hall–Kier alpha value is -6.70. The Labute approximate surface area is 380 Å². The standard InChI is InChI=1S/C57H47B3N.CH3B/c1-7-17-46(18-8-2)57(45(9-3)23-16-36-60-6)51-35-30-44(37-50(51)53-54(57)38(4)55(58)39(5)56(53)59)42-28-33-48(34-29-42)61(52-25-15-22-43-21-13-14-24-49(43)52)47-31-26-41(27-32-47)40-19-11-10-12-20-40;1-2/h7-37H,1,3H2,2,4-6H3;1H3/b18-8-,36-16-,45-23+,46-17+;. The van der Waals surface area contributed by atoms with Crippen LogP contribution in [0.4, 0.5) is 17.1 Å². The first-order valence-corrected chi connectivity index (χ1v) is 21.5. The van der Waals surface area contributed by atoms with Gasteiger partial charge in [-0.25, -0.2) is 0 Å². The van der Waals surface area contributed by atoms with E-state index in [0.29, 0.717) is 10.9 Å². The Morgan fingerprint density at radius 3 is 1.89 bits per heavy atom. The van der Waals surface area contributed by atoms with E-state index in [1.54, 1.807) is 0 Å². The zero-order valence-corrected chi connectivity index (χ0v) is 37.1. The maximum absolute atomic E-state index is 7.18. The summed E-state index contributed by atoms with van der Waals surface area (Å²) >= 11 is 0. The summed E-state index contributed by atoms with van der Waals surface area (Å²) in [5, 5.41) is 2.38. The third-order valence-electron chi connectivity index (χ3n) is 12.2. The fourth-order valence-corrected chi connectivity index (χ4v) is 9.27. The maximum atomic E-state index is 7.18.